The number of hydrogen-bond donors (Lipinski definition) is 1. The third-order valence-corrected chi connectivity index (χ3v) is 2.85. The number of carbonyl (C=O) groups excluding carboxylic acids is 2. The van der Waals surface area contributed by atoms with Crippen LogP contribution in [0.5, 0.6) is 0 Å². The van der Waals surface area contributed by atoms with Crippen molar-refractivity contribution in [1.29, 1.82) is 0 Å². The van der Waals surface area contributed by atoms with Crippen LogP contribution in [0.25, 0.3) is 0 Å². The van der Waals surface area contributed by atoms with Gasteiger partial charge in [-0.1, -0.05) is 30.3 Å². The van der Waals surface area contributed by atoms with Crippen LogP contribution in [-0.4, -0.2) is 18.2 Å². The molecule has 1 heterocycles. The Kier molecular flexibility index (Phi) is 2.54. The first-order valence-electron chi connectivity index (χ1n) is 5.03. The summed E-state index contributed by atoms with van der Waals surface area (Å²) >= 11 is 0. The summed E-state index contributed by atoms with van der Waals surface area (Å²) < 4.78 is 0. The molecule has 0 aromatic heterocycles. The fraction of sp³-hybridized carbons (Fsp3) is 0.333. The Labute approximate surface area is 88.5 Å². The van der Waals surface area contributed by atoms with Crippen molar-refractivity contribution < 1.29 is 9.59 Å². The van der Waals surface area contributed by atoms with Crippen LogP contribution >= 0.6 is 0 Å². The van der Waals surface area contributed by atoms with E-state index in [1.165, 1.54) is 6.92 Å². The molecular weight excluding hydrogens is 190 g/mol. The van der Waals surface area contributed by atoms with Crippen LogP contribution in [0.3, 0.4) is 0 Å². The van der Waals surface area contributed by atoms with E-state index >= 15 is 0 Å². The summed E-state index contributed by atoms with van der Waals surface area (Å²) in [6.07, 6.45) is 0. The van der Waals surface area contributed by atoms with Crippen molar-refractivity contribution in [2.75, 3.05) is 6.54 Å². The van der Waals surface area contributed by atoms with Crippen LogP contribution < -0.4 is 5.32 Å². The second-order valence-electron chi connectivity index (χ2n) is 3.85. The molecule has 0 bridgehead atoms. The summed E-state index contributed by atoms with van der Waals surface area (Å²) in [5.74, 6) is -0.709. The van der Waals surface area contributed by atoms with Crippen LogP contribution in [0, 0.1) is 5.92 Å². The summed E-state index contributed by atoms with van der Waals surface area (Å²) in [5.41, 5.74) is 1.05. The number of carbonyl (C=O) groups is 2. The second-order valence-corrected chi connectivity index (χ2v) is 3.85. The highest BCUT2D eigenvalue weighted by molar-refractivity contribution is 6.02. The van der Waals surface area contributed by atoms with Gasteiger partial charge in [-0.15, -0.1) is 0 Å². The summed E-state index contributed by atoms with van der Waals surface area (Å²) in [5, 5.41) is 2.74. The average molecular weight is 203 g/mol. The molecule has 78 valence electrons. The topological polar surface area (TPSA) is 46.2 Å². The molecule has 15 heavy (non-hydrogen) atoms. The largest absolute Gasteiger partial charge is 0.355 e. The number of hydrogen-bond acceptors (Lipinski definition) is 2. The lowest BCUT2D eigenvalue weighted by atomic mass is 9.86. The lowest BCUT2D eigenvalue weighted by molar-refractivity contribution is -0.130. The van der Waals surface area contributed by atoms with Crippen molar-refractivity contribution in [3.8, 4) is 0 Å². The predicted octanol–water partition coefficient (Wildman–Crippen LogP) is 1.11. The molecular formula is C12H13NO2. The summed E-state index contributed by atoms with van der Waals surface area (Å²) in [4.78, 5) is 22.8. The molecule has 3 heteroatoms. The van der Waals surface area contributed by atoms with Gasteiger partial charge in [0.15, 0.2) is 0 Å². The van der Waals surface area contributed by atoms with Crippen LogP contribution in [0.2, 0.25) is 0 Å². The first-order valence-corrected chi connectivity index (χ1v) is 5.03. The van der Waals surface area contributed by atoms with E-state index < -0.39 is 5.92 Å². The molecule has 0 spiro atoms. The molecule has 1 aliphatic heterocycles. The van der Waals surface area contributed by atoms with E-state index in [0.29, 0.717) is 6.54 Å². The number of ketones is 1. The van der Waals surface area contributed by atoms with Crippen molar-refractivity contribution in [2.45, 2.75) is 12.8 Å². The third kappa shape index (κ3) is 1.77. The number of nitrogens with one attached hydrogen (secondary N) is 1. The smallest absolute Gasteiger partial charge is 0.231 e. The Morgan fingerprint density at radius 1 is 1.33 bits per heavy atom. The molecule has 0 aliphatic carbocycles. The molecule has 1 unspecified atom stereocenters. The van der Waals surface area contributed by atoms with Gasteiger partial charge in [-0.25, -0.2) is 0 Å². The van der Waals surface area contributed by atoms with Crippen LogP contribution in [0.4, 0.5) is 0 Å². The monoisotopic (exact) mass is 203 g/mol. The zero-order valence-corrected chi connectivity index (χ0v) is 8.57. The van der Waals surface area contributed by atoms with Crippen LogP contribution in [0.15, 0.2) is 30.3 Å². The molecule has 0 saturated carbocycles. The minimum Gasteiger partial charge on any atom is -0.355 e. The molecule has 2 rings (SSSR count). The normalized spacial score (nSPS) is 25.0. The summed E-state index contributed by atoms with van der Waals surface area (Å²) in [6.45, 7) is 2.04. The van der Waals surface area contributed by atoms with Crippen molar-refractivity contribution in [2.24, 2.45) is 5.92 Å². The molecule has 2 atom stereocenters. The van der Waals surface area contributed by atoms with Gasteiger partial charge in [-0.3, -0.25) is 9.59 Å². The van der Waals surface area contributed by atoms with Gasteiger partial charge in [0.2, 0.25) is 5.91 Å². The maximum absolute atomic E-state index is 11.5. The zero-order chi connectivity index (χ0) is 10.8. The highest BCUT2D eigenvalue weighted by Crippen LogP contribution is 2.29. The molecule has 1 N–H and O–H groups in total. The van der Waals surface area contributed by atoms with Gasteiger partial charge < -0.3 is 5.32 Å². The number of benzene rings is 1. The van der Waals surface area contributed by atoms with Gasteiger partial charge in [0.25, 0.3) is 0 Å². The Morgan fingerprint density at radius 3 is 2.60 bits per heavy atom. The third-order valence-electron chi connectivity index (χ3n) is 2.85. The van der Waals surface area contributed by atoms with E-state index in [9.17, 15) is 9.59 Å². The summed E-state index contributed by atoms with van der Waals surface area (Å²) in [7, 11) is 0. The minimum absolute atomic E-state index is 0.00352. The van der Waals surface area contributed by atoms with E-state index in [0.717, 1.165) is 5.56 Å². The van der Waals surface area contributed by atoms with Gasteiger partial charge in [0.1, 0.15) is 11.7 Å². The number of amides is 1. The molecule has 1 fully saturated rings. The first-order chi connectivity index (χ1) is 7.20. The lowest BCUT2D eigenvalue weighted by Gasteiger charge is -2.13. The van der Waals surface area contributed by atoms with Gasteiger partial charge in [0.05, 0.1) is 0 Å². The molecule has 1 aromatic rings. The fourth-order valence-electron chi connectivity index (χ4n) is 2.10. The van der Waals surface area contributed by atoms with Crippen molar-refractivity contribution in [3.63, 3.8) is 0 Å². The van der Waals surface area contributed by atoms with Gasteiger partial charge in [-0.05, 0) is 12.5 Å². The number of Topliss-reactive ketones (excluding diaryl/α,β-unsaturated/α-hetero) is 1. The molecule has 3 nitrogen and oxygen atoms in total. The van der Waals surface area contributed by atoms with E-state index in [2.05, 4.69) is 5.32 Å². The zero-order valence-electron chi connectivity index (χ0n) is 8.57. The van der Waals surface area contributed by atoms with E-state index in [1.54, 1.807) is 0 Å². The molecule has 1 saturated heterocycles. The summed E-state index contributed by atoms with van der Waals surface area (Å²) in [6, 6.07) is 9.70. The standard InChI is InChI=1S/C12H13NO2/c1-8(14)11-10(7-13-12(11)15)9-5-3-2-4-6-9/h2-6,10-11H,7H2,1H3,(H,13,15)/t10?,11-/m0/s1. The Morgan fingerprint density at radius 2 is 2.00 bits per heavy atom. The van der Waals surface area contributed by atoms with E-state index in [1.807, 2.05) is 30.3 Å². The van der Waals surface area contributed by atoms with Gasteiger partial charge >= 0.3 is 0 Å². The molecule has 0 radical (unpaired) electrons. The van der Waals surface area contributed by atoms with Crippen LogP contribution in [-0.2, 0) is 9.59 Å². The minimum atomic E-state index is -0.507. The van der Waals surface area contributed by atoms with Gasteiger partial charge in [0, 0.05) is 12.5 Å². The van der Waals surface area contributed by atoms with Crippen LogP contribution in [0.1, 0.15) is 18.4 Å². The first kappa shape index (κ1) is 9.90. The SMILES string of the molecule is CC(=O)[C@@H]1C(=O)NCC1c1ccccc1. The molecule has 1 aromatic carbocycles. The predicted molar refractivity (Wildman–Crippen MR) is 56.4 cm³/mol. The highest BCUT2D eigenvalue weighted by Gasteiger charge is 2.38. The quantitative estimate of drug-likeness (QED) is 0.732. The maximum atomic E-state index is 11.5. The Balaban J connectivity index is 2.30. The second kappa shape index (κ2) is 3.85. The Hall–Kier alpha value is -1.64. The molecule has 1 amide bonds. The average Bonchev–Trinajstić information content (AvgIpc) is 2.61. The van der Waals surface area contributed by atoms with Crippen molar-refractivity contribution in [1.82, 2.24) is 5.32 Å². The van der Waals surface area contributed by atoms with Gasteiger partial charge in [-0.2, -0.15) is 0 Å². The fourth-order valence-corrected chi connectivity index (χ4v) is 2.10. The Bertz CT molecular complexity index is 386. The lowest BCUT2D eigenvalue weighted by Crippen LogP contribution is -2.25. The molecule has 1 aliphatic rings. The van der Waals surface area contributed by atoms with E-state index in [4.69, 9.17) is 0 Å². The highest BCUT2D eigenvalue weighted by atomic mass is 16.2. The number of rotatable bonds is 2. The maximum Gasteiger partial charge on any atom is 0.231 e. The van der Waals surface area contributed by atoms with Crippen molar-refractivity contribution >= 4 is 11.7 Å². The van der Waals surface area contributed by atoms with E-state index in [-0.39, 0.29) is 17.6 Å². The van der Waals surface area contributed by atoms with Crippen molar-refractivity contribution in [3.05, 3.63) is 35.9 Å².